The van der Waals surface area contributed by atoms with Crippen LogP contribution in [0, 0.1) is 0 Å². The minimum Gasteiger partial charge on any atom is -0.350 e. The zero-order valence-corrected chi connectivity index (χ0v) is 14.4. The predicted octanol–water partition coefficient (Wildman–Crippen LogP) is 1.85. The van der Waals surface area contributed by atoms with E-state index in [0.717, 1.165) is 11.1 Å². The summed E-state index contributed by atoms with van der Waals surface area (Å²) in [5.41, 5.74) is 9.87. The number of aromatic nitrogens is 3. The summed E-state index contributed by atoms with van der Waals surface area (Å²) in [5.74, 6) is -0.150. The van der Waals surface area contributed by atoms with Crippen LogP contribution in [0.15, 0.2) is 47.2 Å². The maximum Gasteiger partial charge on any atom is 0.290 e. The maximum atomic E-state index is 12.4. The second-order valence-electron chi connectivity index (χ2n) is 5.99. The molecule has 0 radical (unpaired) electrons. The third kappa shape index (κ3) is 3.16. The predicted molar refractivity (Wildman–Crippen MR) is 94.3 cm³/mol. The molecule has 0 bridgehead atoms. The van der Waals surface area contributed by atoms with Gasteiger partial charge in [0.2, 0.25) is 5.76 Å². The van der Waals surface area contributed by atoms with Crippen molar-refractivity contribution in [3.8, 4) is 11.3 Å². The molecular weight excluding hydrogens is 342 g/mol. The van der Waals surface area contributed by atoms with Gasteiger partial charge in [-0.25, -0.2) is 0 Å². The molecule has 2 atom stereocenters. The Morgan fingerprint density at radius 1 is 1.40 bits per heavy atom. The summed E-state index contributed by atoms with van der Waals surface area (Å²) in [6, 6.07) is 9.22. The lowest BCUT2D eigenvalue weighted by atomic mass is 10.1. The lowest BCUT2D eigenvalue weighted by molar-refractivity contribution is 0.0896. The van der Waals surface area contributed by atoms with Gasteiger partial charge in [-0.05, 0) is 17.5 Å². The van der Waals surface area contributed by atoms with Crippen LogP contribution in [-0.4, -0.2) is 26.9 Å². The van der Waals surface area contributed by atoms with Crippen molar-refractivity contribution in [2.75, 3.05) is 0 Å². The molecule has 0 unspecified atom stereocenters. The number of amides is 1. The molecule has 2 heterocycles. The second-order valence-corrected chi connectivity index (χ2v) is 5.99. The van der Waals surface area contributed by atoms with Gasteiger partial charge in [0.25, 0.3) is 5.91 Å². The first kappa shape index (κ1) is 17.2. The molecule has 2 aromatic heterocycles. The van der Waals surface area contributed by atoms with Gasteiger partial charge in [0, 0.05) is 24.9 Å². The smallest absolute Gasteiger partial charge is 0.290 e. The fourth-order valence-corrected chi connectivity index (χ4v) is 3.08. The highest BCUT2D eigenvalue weighted by molar-refractivity contribution is 5.92. The average molecular weight is 360 g/mol. The molecule has 7 nitrogen and oxygen atoms in total. The zero-order valence-electron chi connectivity index (χ0n) is 13.5. The van der Waals surface area contributed by atoms with Gasteiger partial charge < -0.3 is 15.6 Å². The van der Waals surface area contributed by atoms with E-state index in [9.17, 15) is 4.79 Å². The van der Waals surface area contributed by atoms with E-state index in [-0.39, 0.29) is 36.2 Å². The molecular formula is C17H18ClN5O2. The molecule has 0 aliphatic heterocycles. The van der Waals surface area contributed by atoms with Crippen molar-refractivity contribution in [3.63, 3.8) is 0 Å². The Morgan fingerprint density at radius 2 is 2.20 bits per heavy atom. The van der Waals surface area contributed by atoms with Gasteiger partial charge in [-0.3, -0.25) is 9.48 Å². The Bertz CT molecular complexity index is 904. The van der Waals surface area contributed by atoms with Crippen LogP contribution in [0.1, 0.15) is 27.7 Å². The van der Waals surface area contributed by atoms with Gasteiger partial charge >= 0.3 is 0 Å². The molecule has 0 fully saturated rings. The van der Waals surface area contributed by atoms with Crippen LogP contribution < -0.4 is 11.1 Å². The van der Waals surface area contributed by atoms with E-state index in [1.807, 2.05) is 37.5 Å². The number of hydrogen-bond donors (Lipinski definition) is 2. The average Bonchev–Trinajstić information content (AvgIpc) is 3.28. The molecule has 3 N–H and O–H groups in total. The van der Waals surface area contributed by atoms with Crippen LogP contribution in [0.4, 0.5) is 0 Å². The Hall–Kier alpha value is -2.64. The Balaban J connectivity index is 0.00000182. The van der Waals surface area contributed by atoms with Gasteiger partial charge in [-0.15, -0.1) is 12.4 Å². The van der Waals surface area contributed by atoms with E-state index in [1.165, 1.54) is 5.56 Å². The molecule has 1 amide bonds. The number of rotatable bonds is 3. The van der Waals surface area contributed by atoms with E-state index >= 15 is 0 Å². The lowest BCUT2D eigenvalue weighted by Crippen LogP contribution is -2.40. The fourth-order valence-electron chi connectivity index (χ4n) is 3.08. The Labute approximate surface area is 150 Å². The molecule has 8 heteroatoms. The van der Waals surface area contributed by atoms with E-state index in [2.05, 4.69) is 15.6 Å². The van der Waals surface area contributed by atoms with Crippen LogP contribution in [-0.2, 0) is 13.5 Å². The number of carbonyl (C=O) groups excluding carboxylic acids is 1. The number of aryl methyl sites for hydroxylation is 1. The molecule has 25 heavy (non-hydrogen) atoms. The summed E-state index contributed by atoms with van der Waals surface area (Å²) < 4.78 is 6.84. The summed E-state index contributed by atoms with van der Waals surface area (Å²) in [7, 11) is 1.82. The molecule has 0 saturated heterocycles. The van der Waals surface area contributed by atoms with Crippen molar-refractivity contribution in [2.24, 2.45) is 12.8 Å². The number of benzene rings is 1. The SMILES string of the molecule is Cl.Cn1cc(-c2cc(C(=O)N[C@@H]3Cc4ccccc4[C@H]3N)on2)cn1. The van der Waals surface area contributed by atoms with Crippen LogP contribution in [0.3, 0.4) is 0 Å². The summed E-state index contributed by atoms with van der Waals surface area (Å²) in [5, 5.41) is 11.0. The van der Waals surface area contributed by atoms with Crippen molar-refractivity contribution in [1.82, 2.24) is 20.3 Å². The van der Waals surface area contributed by atoms with Crippen LogP contribution in [0.2, 0.25) is 0 Å². The largest absolute Gasteiger partial charge is 0.350 e. The maximum absolute atomic E-state index is 12.4. The highest BCUT2D eigenvalue weighted by Gasteiger charge is 2.31. The zero-order chi connectivity index (χ0) is 16.7. The standard InChI is InChI=1S/C17H17N5O2.ClH/c1-22-9-11(8-19-22)13-7-15(24-21-13)17(23)20-14-6-10-4-2-3-5-12(10)16(14)18;/h2-5,7-9,14,16H,6,18H2,1H3,(H,20,23);1H/t14-,16-;/m1./s1. The van der Waals surface area contributed by atoms with E-state index in [0.29, 0.717) is 12.1 Å². The number of fused-ring (bicyclic) bond motifs is 1. The van der Waals surface area contributed by atoms with Crippen molar-refractivity contribution < 1.29 is 9.32 Å². The summed E-state index contributed by atoms with van der Waals surface area (Å²) >= 11 is 0. The van der Waals surface area contributed by atoms with Gasteiger partial charge in [-0.2, -0.15) is 5.10 Å². The summed E-state index contributed by atoms with van der Waals surface area (Å²) in [6.07, 6.45) is 4.19. The first-order valence-corrected chi connectivity index (χ1v) is 7.72. The number of nitrogens with zero attached hydrogens (tertiary/aromatic N) is 3. The first-order chi connectivity index (χ1) is 11.6. The number of carbonyl (C=O) groups is 1. The van der Waals surface area contributed by atoms with Gasteiger partial charge in [0.15, 0.2) is 0 Å². The molecule has 1 aliphatic carbocycles. The fraction of sp³-hybridized carbons (Fsp3) is 0.235. The molecule has 4 rings (SSSR count). The van der Waals surface area contributed by atoms with Crippen molar-refractivity contribution in [2.45, 2.75) is 18.5 Å². The number of halogens is 1. The van der Waals surface area contributed by atoms with E-state index < -0.39 is 0 Å². The van der Waals surface area contributed by atoms with Gasteiger partial charge in [-0.1, -0.05) is 29.4 Å². The molecule has 1 aromatic carbocycles. The quantitative estimate of drug-likeness (QED) is 0.743. The molecule has 1 aliphatic rings. The Kier molecular flexibility index (Phi) is 4.61. The van der Waals surface area contributed by atoms with Gasteiger partial charge in [0.1, 0.15) is 5.69 Å². The number of nitrogens with one attached hydrogen (secondary N) is 1. The molecule has 3 aromatic rings. The number of hydrogen-bond acceptors (Lipinski definition) is 5. The normalized spacial score (nSPS) is 18.5. The van der Waals surface area contributed by atoms with Crippen LogP contribution >= 0.6 is 12.4 Å². The topological polar surface area (TPSA) is 99.0 Å². The molecule has 0 saturated carbocycles. The summed E-state index contributed by atoms with van der Waals surface area (Å²) in [6.45, 7) is 0. The van der Waals surface area contributed by atoms with Crippen LogP contribution in [0.5, 0.6) is 0 Å². The highest BCUT2D eigenvalue weighted by atomic mass is 35.5. The van der Waals surface area contributed by atoms with Crippen molar-refractivity contribution in [3.05, 3.63) is 59.6 Å². The second kappa shape index (κ2) is 6.70. The van der Waals surface area contributed by atoms with Crippen molar-refractivity contribution in [1.29, 1.82) is 0 Å². The minimum absolute atomic E-state index is 0. The first-order valence-electron chi connectivity index (χ1n) is 7.72. The van der Waals surface area contributed by atoms with Crippen LogP contribution in [0.25, 0.3) is 11.3 Å². The van der Waals surface area contributed by atoms with E-state index in [4.69, 9.17) is 10.3 Å². The third-order valence-corrected chi connectivity index (χ3v) is 4.34. The number of nitrogens with two attached hydrogens (primary N) is 1. The van der Waals surface area contributed by atoms with Gasteiger partial charge in [0.05, 0.1) is 18.3 Å². The lowest BCUT2D eigenvalue weighted by Gasteiger charge is -2.16. The van der Waals surface area contributed by atoms with Crippen molar-refractivity contribution >= 4 is 18.3 Å². The minimum atomic E-state index is -0.314. The Morgan fingerprint density at radius 3 is 2.92 bits per heavy atom. The molecule has 0 spiro atoms. The monoisotopic (exact) mass is 359 g/mol. The highest BCUT2D eigenvalue weighted by Crippen LogP contribution is 2.29. The van der Waals surface area contributed by atoms with E-state index in [1.54, 1.807) is 16.9 Å². The molecule has 130 valence electrons. The third-order valence-electron chi connectivity index (χ3n) is 4.34. The summed E-state index contributed by atoms with van der Waals surface area (Å²) in [4.78, 5) is 12.4.